The van der Waals surface area contributed by atoms with Crippen LogP contribution in [0.5, 0.6) is 0 Å². The third-order valence-corrected chi connectivity index (χ3v) is 10.3. The lowest BCUT2D eigenvalue weighted by Crippen LogP contribution is -2.60. The van der Waals surface area contributed by atoms with E-state index in [1.165, 1.54) is 44.9 Å². The minimum atomic E-state index is -4.61. The van der Waals surface area contributed by atoms with Crippen LogP contribution in [0.3, 0.4) is 0 Å². The van der Waals surface area contributed by atoms with Gasteiger partial charge >= 0.3 is 11.9 Å². The van der Waals surface area contributed by atoms with Crippen molar-refractivity contribution in [2.45, 2.75) is 192 Å². The van der Waals surface area contributed by atoms with Crippen molar-refractivity contribution in [3.8, 4) is 0 Å². The van der Waals surface area contributed by atoms with Gasteiger partial charge < -0.3 is 34.3 Å². The van der Waals surface area contributed by atoms with E-state index in [4.69, 9.17) is 18.9 Å². The van der Waals surface area contributed by atoms with E-state index in [2.05, 4.69) is 62.5 Å². The number of ether oxygens (including phenoxy) is 4. The number of carbonyl (C=O) groups excluding carboxylic acids is 2. The molecule has 58 heavy (non-hydrogen) atoms. The predicted molar refractivity (Wildman–Crippen MR) is 229 cm³/mol. The summed E-state index contributed by atoms with van der Waals surface area (Å²) in [4.78, 5) is 25.3. The molecule has 1 saturated heterocycles. The maximum Gasteiger partial charge on any atom is 0.306 e. The maximum absolute atomic E-state index is 12.8. The lowest BCUT2D eigenvalue weighted by atomic mass is 10.00. The van der Waals surface area contributed by atoms with Crippen molar-refractivity contribution >= 4 is 22.1 Å². The first-order valence-electron chi connectivity index (χ1n) is 21.8. The minimum Gasteiger partial charge on any atom is -0.462 e. The topological polar surface area (TPSA) is 186 Å². The molecular weight excluding hydrogens is 765 g/mol. The van der Waals surface area contributed by atoms with Crippen LogP contribution in [0.4, 0.5) is 0 Å². The summed E-state index contributed by atoms with van der Waals surface area (Å²) in [7, 11) is -4.61. The Morgan fingerprint density at radius 2 is 1.05 bits per heavy atom. The highest BCUT2D eigenvalue weighted by molar-refractivity contribution is 7.85. The number of esters is 2. The Labute approximate surface area is 349 Å². The molecule has 0 aromatic rings. The van der Waals surface area contributed by atoms with Gasteiger partial charge in [-0.3, -0.25) is 14.1 Å². The zero-order valence-electron chi connectivity index (χ0n) is 35.4. The SMILES string of the molecule is CCCCC/C=C/C/C=C/C/C=C/C/C=C/CCCC(=O)O[C@H](COC(=O)CCCCCCC/C=C/CCCCCC)CO[C@H]1O[C@H](CS(=O)(=O)O)[C@@H](O)C(O)C1O. The largest absolute Gasteiger partial charge is 0.462 e. The third-order valence-electron chi connectivity index (χ3n) is 9.57. The number of allylic oxidation sites excluding steroid dienone is 10. The first kappa shape index (κ1) is 53.4. The zero-order chi connectivity index (χ0) is 42.7. The van der Waals surface area contributed by atoms with Crippen LogP contribution in [-0.2, 0) is 38.7 Å². The normalized spacial score (nSPS) is 21.0. The van der Waals surface area contributed by atoms with Crippen LogP contribution in [0.25, 0.3) is 0 Å². The van der Waals surface area contributed by atoms with E-state index in [1.54, 1.807) is 0 Å². The summed E-state index contributed by atoms with van der Waals surface area (Å²) in [6.07, 6.45) is 32.7. The second-order valence-corrected chi connectivity index (χ2v) is 16.5. The highest BCUT2D eigenvalue weighted by Crippen LogP contribution is 2.24. The Hall–Kier alpha value is -2.65. The second-order valence-electron chi connectivity index (χ2n) is 15.0. The molecule has 0 amide bonds. The van der Waals surface area contributed by atoms with Crippen molar-refractivity contribution in [2.24, 2.45) is 0 Å². The molecule has 0 aliphatic carbocycles. The van der Waals surface area contributed by atoms with Crippen molar-refractivity contribution in [2.75, 3.05) is 19.0 Å². The van der Waals surface area contributed by atoms with E-state index in [-0.39, 0.29) is 19.4 Å². The van der Waals surface area contributed by atoms with Gasteiger partial charge in [-0.05, 0) is 77.0 Å². The Morgan fingerprint density at radius 1 is 0.586 bits per heavy atom. The fraction of sp³-hybridized carbons (Fsp3) is 0.733. The molecule has 0 spiro atoms. The lowest BCUT2D eigenvalue weighted by Gasteiger charge is -2.40. The van der Waals surface area contributed by atoms with Gasteiger partial charge in [0.25, 0.3) is 10.1 Å². The first-order chi connectivity index (χ1) is 28.0. The van der Waals surface area contributed by atoms with Gasteiger partial charge in [0.15, 0.2) is 12.4 Å². The van der Waals surface area contributed by atoms with Crippen molar-refractivity contribution in [3.63, 3.8) is 0 Å². The number of unbranched alkanes of at least 4 members (excludes halogenated alkanes) is 13. The number of carbonyl (C=O) groups is 2. The van der Waals surface area contributed by atoms with Crippen LogP contribution in [-0.4, -0.2) is 96.0 Å². The van der Waals surface area contributed by atoms with E-state index in [9.17, 15) is 37.9 Å². The number of hydrogen-bond donors (Lipinski definition) is 4. The highest BCUT2D eigenvalue weighted by Gasteiger charge is 2.46. The molecule has 0 saturated carbocycles. The predicted octanol–water partition coefficient (Wildman–Crippen LogP) is 8.56. The molecule has 334 valence electrons. The maximum atomic E-state index is 12.8. The van der Waals surface area contributed by atoms with E-state index < -0.39 is 71.2 Å². The molecule has 2 unspecified atom stereocenters. The zero-order valence-corrected chi connectivity index (χ0v) is 36.2. The van der Waals surface area contributed by atoms with Gasteiger partial charge in [0.1, 0.15) is 36.8 Å². The van der Waals surface area contributed by atoms with E-state index in [0.29, 0.717) is 19.3 Å². The monoisotopic (exact) mass is 841 g/mol. The van der Waals surface area contributed by atoms with Crippen molar-refractivity contribution < 1.29 is 56.8 Å². The van der Waals surface area contributed by atoms with Crippen molar-refractivity contribution in [1.29, 1.82) is 0 Å². The molecule has 0 radical (unpaired) electrons. The molecule has 6 atom stereocenters. The molecule has 1 heterocycles. The van der Waals surface area contributed by atoms with Gasteiger partial charge in [-0.1, -0.05) is 126 Å². The summed E-state index contributed by atoms with van der Waals surface area (Å²) in [6, 6.07) is 0. The molecule has 0 aromatic carbocycles. The molecule has 4 N–H and O–H groups in total. The van der Waals surface area contributed by atoms with Gasteiger partial charge in [0.2, 0.25) is 0 Å². The number of rotatable bonds is 35. The number of aliphatic hydroxyl groups excluding tert-OH is 3. The smallest absolute Gasteiger partial charge is 0.306 e. The molecule has 1 fully saturated rings. The van der Waals surface area contributed by atoms with Gasteiger partial charge in [-0.15, -0.1) is 0 Å². The summed E-state index contributed by atoms with van der Waals surface area (Å²) < 4.78 is 53.9. The fourth-order valence-electron chi connectivity index (χ4n) is 6.13. The average Bonchev–Trinajstić information content (AvgIpc) is 3.18. The van der Waals surface area contributed by atoms with Crippen LogP contribution >= 0.6 is 0 Å². The Bertz CT molecular complexity index is 1310. The van der Waals surface area contributed by atoms with Gasteiger partial charge in [-0.2, -0.15) is 8.42 Å². The molecule has 0 aromatic heterocycles. The summed E-state index contributed by atoms with van der Waals surface area (Å²) in [5.41, 5.74) is 0. The fourth-order valence-corrected chi connectivity index (χ4v) is 6.82. The minimum absolute atomic E-state index is 0.0844. The van der Waals surface area contributed by atoms with E-state index in [0.717, 1.165) is 64.2 Å². The molecule has 1 aliphatic rings. The van der Waals surface area contributed by atoms with Gasteiger partial charge in [-0.25, -0.2) is 0 Å². The number of aliphatic hydroxyl groups is 3. The van der Waals surface area contributed by atoms with E-state index >= 15 is 0 Å². The highest BCUT2D eigenvalue weighted by atomic mass is 32.2. The molecule has 13 heteroatoms. The van der Waals surface area contributed by atoms with Crippen LogP contribution < -0.4 is 0 Å². The third kappa shape index (κ3) is 29.5. The Morgan fingerprint density at radius 3 is 1.64 bits per heavy atom. The molecule has 0 bridgehead atoms. The first-order valence-corrected chi connectivity index (χ1v) is 23.5. The number of hydrogen-bond acceptors (Lipinski definition) is 11. The molecule has 1 aliphatic heterocycles. The van der Waals surface area contributed by atoms with Gasteiger partial charge in [0.05, 0.1) is 6.61 Å². The van der Waals surface area contributed by atoms with Gasteiger partial charge in [0, 0.05) is 12.8 Å². The van der Waals surface area contributed by atoms with Crippen LogP contribution in [0.15, 0.2) is 60.8 Å². The molecule has 1 rings (SSSR count). The molecular formula is C45H76O12S. The average molecular weight is 841 g/mol. The van der Waals surface area contributed by atoms with Crippen LogP contribution in [0, 0.1) is 0 Å². The standard InChI is InChI=1S/C45H76O12S/c1-3-5-7-9-11-13-15-17-18-19-20-22-24-26-28-30-32-34-41(47)56-38(36-55-45-44(50)43(49)42(48)39(57-45)37-58(51,52)53)35-54-40(46)33-31-29-27-25-23-21-16-14-12-10-8-6-4-2/h11,13-14,16-18,20,22,26,28,38-39,42-45,48-50H,3-10,12,15,19,21,23-25,27,29-37H2,1-2H3,(H,51,52,53)/b13-11+,16-14+,18-17+,22-20+,28-26+/t38-,39-,42-,43?,44?,45+/m1/s1. The summed E-state index contributed by atoms with van der Waals surface area (Å²) >= 11 is 0. The van der Waals surface area contributed by atoms with E-state index in [1.807, 2.05) is 12.2 Å². The van der Waals surface area contributed by atoms with Crippen LogP contribution in [0.2, 0.25) is 0 Å². The van der Waals surface area contributed by atoms with Crippen molar-refractivity contribution in [1.82, 2.24) is 0 Å². The Kier molecular flexibility index (Phi) is 32.3. The summed E-state index contributed by atoms with van der Waals surface area (Å²) in [5.74, 6) is -2.08. The van der Waals surface area contributed by atoms with Crippen LogP contribution in [0.1, 0.15) is 155 Å². The summed E-state index contributed by atoms with van der Waals surface area (Å²) in [5, 5.41) is 30.8. The lowest BCUT2D eigenvalue weighted by molar-refractivity contribution is -0.297. The second kappa shape index (κ2) is 35.1. The summed E-state index contributed by atoms with van der Waals surface area (Å²) in [6.45, 7) is 3.64. The Balaban J connectivity index is 2.53. The van der Waals surface area contributed by atoms with Crippen molar-refractivity contribution in [3.05, 3.63) is 60.8 Å². The quantitative estimate of drug-likeness (QED) is 0.0207. The molecule has 12 nitrogen and oxygen atoms in total.